The number of rotatable bonds is 6. The summed E-state index contributed by atoms with van der Waals surface area (Å²) in [5, 5.41) is 3.17. The van der Waals surface area contributed by atoms with Crippen molar-refractivity contribution in [2.75, 3.05) is 12.4 Å². The summed E-state index contributed by atoms with van der Waals surface area (Å²) in [4.78, 5) is 12.0. The molecular weight excluding hydrogens is 246 g/mol. The van der Waals surface area contributed by atoms with E-state index in [1.165, 1.54) is 0 Å². The molecule has 2 aliphatic carbocycles. The molecule has 0 aliphatic heterocycles. The Morgan fingerprint density at radius 2 is 2.11 bits per heavy atom. The van der Waals surface area contributed by atoms with Crippen molar-refractivity contribution in [3.05, 3.63) is 0 Å². The first-order valence-corrected chi connectivity index (χ1v) is 7.58. The Morgan fingerprint density at radius 3 is 2.56 bits per heavy atom. The molecule has 0 saturated heterocycles. The van der Waals surface area contributed by atoms with E-state index in [1.807, 2.05) is 6.92 Å². The average Bonchev–Trinajstić information content (AvgIpc) is 3.08. The topological polar surface area (TPSA) is 38.3 Å². The van der Waals surface area contributed by atoms with Gasteiger partial charge in [0.15, 0.2) is 0 Å². The third kappa shape index (κ3) is 2.69. The fourth-order valence-corrected chi connectivity index (χ4v) is 3.20. The first-order valence-electron chi connectivity index (χ1n) is 6.95. The largest absolute Gasteiger partial charge is 0.378 e. The normalized spacial score (nSPS) is 31.6. The summed E-state index contributed by atoms with van der Waals surface area (Å²) >= 11 is 4.34. The van der Waals surface area contributed by atoms with Gasteiger partial charge in [0.2, 0.25) is 5.91 Å². The predicted molar refractivity (Wildman–Crippen MR) is 75.9 cm³/mol. The molecule has 2 aliphatic rings. The van der Waals surface area contributed by atoms with Crippen molar-refractivity contribution in [2.24, 2.45) is 10.8 Å². The van der Waals surface area contributed by atoms with E-state index in [0.29, 0.717) is 6.42 Å². The summed E-state index contributed by atoms with van der Waals surface area (Å²) in [6.45, 7) is 7.11. The number of thiol groups is 1. The molecule has 0 aromatic rings. The molecule has 2 fully saturated rings. The van der Waals surface area contributed by atoms with Crippen LogP contribution in [-0.2, 0) is 9.53 Å². The zero-order chi connectivity index (χ0) is 13.4. The first kappa shape index (κ1) is 14.2. The molecule has 0 radical (unpaired) electrons. The number of nitrogens with one attached hydrogen (secondary N) is 1. The van der Waals surface area contributed by atoms with Gasteiger partial charge in [0.25, 0.3) is 0 Å². The highest BCUT2D eigenvalue weighted by molar-refractivity contribution is 7.80. The molecule has 0 spiro atoms. The number of carbonyl (C=O) groups excluding carboxylic acids is 1. The summed E-state index contributed by atoms with van der Waals surface area (Å²) in [5.74, 6) is 1.02. The van der Waals surface area contributed by atoms with Gasteiger partial charge in [-0.2, -0.15) is 12.6 Å². The second-order valence-corrected chi connectivity index (χ2v) is 6.77. The van der Waals surface area contributed by atoms with E-state index in [0.717, 1.165) is 31.6 Å². The molecule has 2 atom stereocenters. The van der Waals surface area contributed by atoms with Gasteiger partial charge >= 0.3 is 0 Å². The molecule has 2 saturated carbocycles. The second-order valence-electron chi connectivity index (χ2n) is 6.46. The average molecular weight is 271 g/mol. The molecule has 1 amide bonds. The lowest BCUT2D eigenvalue weighted by Crippen LogP contribution is -2.62. The molecule has 3 nitrogen and oxygen atoms in total. The van der Waals surface area contributed by atoms with Gasteiger partial charge in [-0.25, -0.2) is 0 Å². The van der Waals surface area contributed by atoms with Crippen LogP contribution in [0.2, 0.25) is 0 Å². The van der Waals surface area contributed by atoms with Gasteiger partial charge in [-0.1, -0.05) is 13.8 Å². The summed E-state index contributed by atoms with van der Waals surface area (Å²) < 4.78 is 5.68. The molecular formula is C14H25NO2S. The monoisotopic (exact) mass is 271 g/mol. The summed E-state index contributed by atoms with van der Waals surface area (Å²) in [6, 6.07) is 0.261. The Hall–Kier alpha value is -0.220. The maximum absolute atomic E-state index is 12.0. The van der Waals surface area contributed by atoms with Gasteiger partial charge < -0.3 is 10.1 Å². The smallest absolute Gasteiger partial charge is 0.220 e. The SMILES string of the molecule is CCOC1CC(NC(=O)CC2(CS)CC2)C1(C)C. The van der Waals surface area contributed by atoms with E-state index in [2.05, 4.69) is 31.8 Å². The second kappa shape index (κ2) is 5.04. The lowest BCUT2D eigenvalue weighted by atomic mass is 9.64. The maximum atomic E-state index is 12.0. The minimum atomic E-state index is 0.0589. The van der Waals surface area contributed by atoms with Gasteiger partial charge in [0.05, 0.1) is 6.10 Å². The molecule has 0 bridgehead atoms. The Balaban J connectivity index is 1.79. The molecule has 0 aromatic carbocycles. The van der Waals surface area contributed by atoms with Gasteiger partial charge in [-0.05, 0) is 37.4 Å². The van der Waals surface area contributed by atoms with Crippen molar-refractivity contribution in [1.82, 2.24) is 5.32 Å². The molecule has 2 rings (SSSR count). The third-order valence-electron chi connectivity index (χ3n) is 4.71. The van der Waals surface area contributed by atoms with Gasteiger partial charge in [0, 0.05) is 24.5 Å². The molecule has 1 N–H and O–H groups in total. The predicted octanol–water partition coefficient (Wildman–Crippen LogP) is 2.41. The van der Waals surface area contributed by atoms with Crippen LogP contribution in [0.25, 0.3) is 0 Å². The molecule has 0 heterocycles. The van der Waals surface area contributed by atoms with Crippen molar-refractivity contribution < 1.29 is 9.53 Å². The van der Waals surface area contributed by atoms with Crippen LogP contribution in [0.1, 0.15) is 46.5 Å². The molecule has 4 heteroatoms. The van der Waals surface area contributed by atoms with E-state index in [9.17, 15) is 4.79 Å². The highest BCUT2D eigenvalue weighted by Gasteiger charge is 2.50. The summed E-state index contributed by atoms with van der Waals surface area (Å²) in [7, 11) is 0. The number of carbonyl (C=O) groups is 1. The van der Waals surface area contributed by atoms with Crippen LogP contribution in [0, 0.1) is 10.8 Å². The summed E-state index contributed by atoms with van der Waals surface area (Å²) in [5.41, 5.74) is 0.268. The van der Waals surface area contributed by atoms with E-state index in [4.69, 9.17) is 4.74 Å². The number of hydrogen-bond acceptors (Lipinski definition) is 3. The minimum absolute atomic E-state index is 0.0589. The van der Waals surface area contributed by atoms with Crippen LogP contribution >= 0.6 is 12.6 Å². The number of ether oxygens (including phenoxy) is 1. The fraction of sp³-hybridized carbons (Fsp3) is 0.929. The van der Waals surface area contributed by atoms with Crippen LogP contribution in [-0.4, -0.2) is 30.4 Å². The van der Waals surface area contributed by atoms with E-state index >= 15 is 0 Å². The quantitative estimate of drug-likeness (QED) is 0.728. The maximum Gasteiger partial charge on any atom is 0.220 e. The van der Waals surface area contributed by atoms with E-state index in [1.54, 1.807) is 0 Å². The molecule has 0 aromatic heterocycles. The van der Waals surface area contributed by atoms with E-state index < -0.39 is 0 Å². The van der Waals surface area contributed by atoms with Crippen LogP contribution < -0.4 is 5.32 Å². The Morgan fingerprint density at radius 1 is 1.44 bits per heavy atom. The Bertz CT molecular complexity index is 326. The highest BCUT2D eigenvalue weighted by atomic mass is 32.1. The van der Waals surface area contributed by atoms with Gasteiger partial charge in [-0.15, -0.1) is 0 Å². The molecule has 104 valence electrons. The van der Waals surface area contributed by atoms with Crippen molar-refractivity contribution in [3.63, 3.8) is 0 Å². The number of amides is 1. The highest BCUT2D eigenvalue weighted by Crippen LogP contribution is 2.50. The number of hydrogen-bond donors (Lipinski definition) is 2. The van der Waals surface area contributed by atoms with Crippen LogP contribution in [0.3, 0.4) is 0 Å². The van der Waals surface area contributed by atoms with Crippen LogP contribution in [0.5, 0.6) is 0 Å². The van der Waals surface area contributed by atoms with E-state index in [-0.39, 0.29) is 28.9 Å². The fourth-order valence-electron chi connectivity index (χ4n) is 2.77. The van der Waals surface area contributed by atoms with Crippen molar-refractivity contribution in [2.45, 2.75) is 58.6 Å². The zero-order valence-corrected chi connectivity index (χ0v) is 12.6. The van der Waals surface area contributed by atoms with Gasteiger partial charge in [0.1, 0.15) is 0 Å². The molecule has 2 unspecified atom stereocenters. The van der Waals surface area contributed by atoms with Gasteiger partial charge in [-0.3, -0.25) is 4.79 Å². The van der Waals surface area contributed by atoms with Crippen molar-refractivity contribution >= 4 is 18.5 Å². The van der Waals surface area contributed by atoms with Crippen molar-refractivity contribution in [1.29, 1.82) is 0 Å². The zero-order valence-electron chi connectivity index (χ0n) is 11.7. The van der Waals surface area contributed by atoms with Crippen molar-refractivity contribution in [3.8, 4) is 0 Å². The minimum Gasteiger partial charge on any atom is -0.378 e. The standard InChI is InChI=1S/C14H25NO2S/c1-4-17-11-7-10(13(11,2)3)15-12(16)8-14(9-18)5-6-14/h10-11,18H,4-9H2,1-3H3,(H,15,16). The first-order chi connectivity index (χ1) is 8.43. The lowest BCUT2D eigenvalue weighted by molar-refractivity contribution is -0.137. The third-order valence-corrected chi connectivity index (χ3v) is 5.38. The Kier molecular flexibility index (Phi) is 3.98. The lowest BCUT2D eigenvalue weighted by Gasteiger charge is -2.51. The summed E-state index contributed by atoms with van der Waals surface area (Å²) in [6.07, 6.45) is 4.18. The van der Waals surface area contributed by atoms with Crippen LogP contribution in [0.4, 0.5) is 0 Å². The van der Waals surface area contributed by atoms with Crippen LogP contribution in [0.15, 0.2) is 0 Å². The molecule has 18 heavy (non-hydrogen) atoms. The Labute approximate surface area is 115 Å².